The van der Waals surface area contributed by atoms with Gasteiger partial charge in [-0.25, -0.2) is 4.79 Å². The molecule has 0 aromatic heterocycles. The van der Waals surface area contributed by atoms with Crippen LogP contribution in [0.1, 0.15) is 5.56 Å². The molecule has 1 fully saturated rings. The normalized spacial score (nSPS) is 21.7. The number of carbonyl (C=O) groups excluding carboxylic acids is 1. The number of hydrogen-bond donors (Lipinski definition) is 1. The van der Waals surface area contributed by atoms with Gasteiger partial charge in [0.15, 0.2) is 5.72 Å². The SMILES string of the molecule is CN1CC2N(C(=O)N(c3ccc(Cl)cc3)C2(O)c2cccc(OC(F)(F)F)c2)c2ccc(Cl)cc21. The smallest absolute Gasteiger partial charge is 0.406 e. The molecule has 3 aromatic rings. The van der Waals surface area contributed by atoms with Gasteiger partial charge in [0.1, 0.15) is 11.8 Å². The van der Waals surface area contributed by atoms with Crippen LogP contribution in [0, 0.1) is 0 Å². The number of ether oxygens (including phenoxy) is 1. The largest absolute Gasteiger partial charge is 0.573 e. The number of hydrogen-bond acceptors (Lipinski definition) is 4. The molecule has 5 rings (SSSR count). The second-order valence-corrected chi connectivity index (χ2v) is 9.17. The molecule has 0 spiro atoms. The molecular weight excluding hydrogens is 506 g/mol. The lowest BCUT2D eigenvalue weighted by atomic mass is 9.91. The van der Waals surface area contributed by atoms with Gasteiger partial charge in [0, 0.05) is 34.9 Å². The Kier molecular flexibility index (Phi) is 5.54. The second kappa shape index (κ2) is 8.22. The number of amides is 2. The first-order valence-electron chi connectivity index (χ1n) is 10.5. The summed E-state index contributed by atoms with van der Waals surface area (Å²) in [5.74, 6) is -0.512. The molecule has 2 heterocycles. The maximum Gasteiger partial charge on any atom is 0.573 e. The Balaban J connectivity index is 1.71. The van der Waals surface area contributed by atoms with Crippen LogP contribution in [-0.2, 0) is 5.72 Å². The maximum absolute atomic E-state index is 13.9. The van der Waals surface area contributed by atoms with Gasteiger partial charge in [-0.15, -0.1) is 13.2 Å². The highest BCUT2D eigenvalue weighted by Gasteiger charge is 2.60. The van der Waals surface area contributed by atoms with Crippen LogP contribution < -0.4 is 19.4 Å². The number of fused-ring (bicyclic) bond motifs is 3. The van der Waals surface area contributed by atoms with E-state index in [0.29, 0.717) is 27.1 Å². The highest BCUT2D eigenvalue weighted by Crippen LogP contribution is 2.50. The summed E-state index contributed by atoms with van der Waals surface area (Å²) in [5.41, 5.74) is -0.494. The van der Waals surface area contributed by atoms with Crippen molar-refractivity contribution in [2.24, 2.45) is 0 Å². The van der Waals surface area contributed by atoms with Crippen LogP contribution in [0.3, 0.4) is 0 Å². The molecule has 2 atom stereocenters. The zero-order chi connectivity index (χ0) is 25.1. The van der Waals surface area contributed by atoms with E-state index in [-0.39, 0.29) is 12.1 Å². The summed E-state index contributed by atoms with van der Waals surface area (Å²) in [6.45, 7) is 0.171. The molecule has 182 valence electrons. The molecule has 2 aliphatic rings. The number of halogens is 5. The van der Waals surface area contributed by atoms with E-state index in [2.05, 4.69) is 4.74 Å². The van der Waals surface area contributed by atoms with Crippen molar-refractivity contribution in [1.82, 2.24) is 0 Å². The van der Waals surface area contributed by atoms with Crippen LogP contribution >= 0.6 is 23.2 Å². The predicted octanol–water partition coefficient (Wildman–Crippen LogP) is 6.00. The molecule has 0 aliphatic carbocycles. The molecule has 1 saturated heterocycles. The monoisotopic (exact) mass is 523 g/mol. The van der Waals surface area contributed by atoms with Gasteiger partial charge >= 0.3 is 12.4 Å². The molecule has 2 aliphatic heterocycles. The number of likely N-dealkylation sites (N-methyl/N-ethyl adjacent to an activating group) is 1. The van der Waals surface area contributed by atoms with Gasteiger partial charge in [-0.1, -0.05) is 35.3 Å². The summed E-state index contributed by atoms with van der Waals surface area (Å²) in [5, 5.41) is 13.2. The third-order valence-corrected chi connectivity index (χ3v) is 6.63. The van der Waals surface area contributed by atoms with Crippen LogP contribution in [0.25, 0.3) is 0 Å². The van der Waals surface area contributed by atoms with Gasteiger partial charge in [-0.3, -0.25) is 9.80 Å². The standard InChI is InChI=1S/C24H18Cl2F3N3O3/c1-30-13-21-23(34,14-3-2-4-18(11-14)35-24(27,28)29)32(17-8-5-15(25)6-9-17)22(33)31(21)19-10-7-16(26)12-20(19)30/h2-12,21,34H,13H2,1H3. The average Bonchev–Trinajstić information content (AvgIpc) is 3.01. The first kappa shape index (κ1) is 23.6. The van der Waals surface area contributed by atoms with Crippen molar-refractivity contribution in [3.8, 4) is 5.75 Å². The van der Waals surface area contributed by atoms with E-state index < -0.39 is 29.9 Å². The third-order valence-electron chi connectivity index (χ3n) is 6.15. The molecule has 35 heavy (non-hydrogen) atoms. The van der Waals surface area contributed by atoms with Crippen molar-refractivity contribution >= 4 is 46.3 Å². The summed E-state index contributed by atoms with van der Waals surface area (Å²) in [6.07, 6.45) is -4.92. The molecule has 3 aromatic carbocycles. The first-order valence-corrected chi connectivity index (χ1v) is 11.2. The fraction of sp³-hybridized carbons (Fsp3) is 0.208. The minimum atomic E-state index is -4.92. The Morgan fingerprint density at radius 3 is 2.37 bits per heavy atom. The number of anilines is 3. The Morgan fingerprint density at radius 2 is 1.69 bits per heavy atom. The van der Waals surface area contributed by atoms with Crippen LogP contribution in [0.5, 0.6) is 5.75 Å². The molecule has 0 saturated carbocycles. The number of alkyl halides is 3. The molecule has 1 N–H and O–H groups in total. The van der Waals surface area contributed by atoms with Crippen molar-refractivity contribution in [2.45, 2.75) is 18.1 Å². The lowest BCUT2D eigenvalue weighted by Gasteiger charge is -2.42. The topological polar surface area (TPSA) is 56.2 Å². The molecular formula is C24H18Cl2F3N3O3. The van der Waals surface area contributed by atoms with E-state index in [1.807, 2.05) is 4.90 Å². The third kappa shape index (κ3) is 3.93. The van der Waals surface area contributed by atoms with E-state index in [4.69, 9.17) is 23.2 Å². The van der Waals surface area contributed by atoms with E-state index >= 15 is 0 Å². The van der Waals surface area contributed by atoms with Gasteiger partial charge in [-0.05, 0) is 54.6 Å². The number of benzene rings is 3. The van der Waals surface area contributed by atoms with Gasteiger partial charge in [0.2, 0.25) is 0 Å². The van der Waals surface area contributed by atoms with E-state index in [1.165, 1.54) is 17.0 Å². The first-order chi connectivity index (χ1) is 16.5. The van der Waals surface area contributed by atoms with Crippen LogP contribution in [-0.4, -0.2) is 37.1 Å². The van der Waals surface area contributed by atoms with Gasteiger partial charge < -0.3 is 14.7 Å². The summed E-state index contributed by atoms with van der Waals surface area (Å²) < 4.78 is 42.8. The van der Waals surface area contributed by atoms with E-state index in [1.54, 1.807) is 49.5 Å². The molecule has 2 amide bonds. The zero-order valence-electron chi connectivity index (χ0n) is 18.1. The highest BCUT2D eigenvalue weighted by atomic mass is 35.5. The van der Waals surface area contributed by atoms with Crippen LogP contribution in [0.15, 0.2) is 66.7 Å². The van der Waals surface area contributed by atoms with Crippen LogP contribution in [0.4, 0.5) is 35.0 Å². The Morgan fingerprint density at radius 1 is 1.00 bits per heavy atom. The maximum atomic E-state index is 13.9. The summed E-state index contributed by atoms with van der Waals surface area (Å²) in [4.78, 5) is 18.3. The fourth-order valence-corrected chi connectivity index (χ4v) is 4.99. The van der Waals surface area contributed by atoms with Gasteiger partial charge in [-0.2, -0.15) is 0 Å². The van der Waals surface area contributed by atoms with Gasteiger partial charge in [0.05, 0.1) is 11.4 Å². The minimum absolute atomic E-state index is 0.0564. The molecule has 11 heteroatoms. The lowest BCUT2D eigenvalue weighted by molar-refractivity contribution is -0.274. The van der Waals surface area contributed by atoms with Crippen molar-refractivity contribution in [3.63, 3.8) is 0 Å². The van der Waals surface area contributed by atoms with E-state index in [9.17, 15) is 23.1 Å². The fourth-order valence-electron chi connectivity index (χ4n) is 4.70. The minimum Gasteiger partial charge on any atom is -0.406 e. The van der Waals surface area contributed by atoms with Gasteiger partial charge in [0.25, 0.3) is 0 Å². The highest BCUT2D eigenvalue weighted by molar-refractivity contribution is 6.31. The van der Waals surface area contributed by atoms with E-state index in [0.717, 1.165) is 17.0 Å². The number of nitrogens with zero attached hydrogens (tertiary/aromatic N) is 3. The summed E-state index contributed by atoms with van der Waals surface area (Å²) in [6, 6.07) is 14.8. The number of aliphatic hydroxyl groups is 1. The van der Waals surface area contributed by atoms with Crippen molar-refractivity contribution in [2.75, 3.05) is 28.3 Å². The zero-order valence-corrected chi connectivity index (χ0v) is 19.6. The summed E-state index contributed by atoms with van der Waals surface area (Å²) in [7, 11) is 1.78. The average molecular weight is 524 g/mol. The Labute approximate surface area is 208 Å². The van der Waals surface area contributed by atoms with Crippen molar-refractivity contribution < 1.29 is 27.8 Å². The number of rotatable bonds is 3. The van der Waals surface area contributed by atoms with Crippen molar-refractivity contribution in [1.29, 1.82) is 0 Å². The molecule has 6 nitrogen and oxygen atoms in total. The number of carbonyl (C=O) groups is 1. The lowest BCUT2D eigenvalue weighted by Crippen LogP contribution is -2.55. The molecule has 0 radical (unpaired) electrons. The second-order valence-electron chi connectivity index (χ2n) is 8.30. The van der Waals surface area contributed by atoms with Crippen molar-refractivity contribution in [3.05, 3.63) is 82.3 Å². The quantitative estimate of drug-likeness (QED) is 0.457. The number of urea groups is 1. The summed E-state index contributed by atoms with van der Waals surface area (Å²) >= 11 is 12.2. The van der Waals surface area contributed by atoms with Crippen LogP contribution in [0.2, 0.25) is 10.0 Å². The molecule has 0 bridgehead atoms. The predicted molar refractivity (Wildman–Crippen MR) is 127 cm³/mol. The Hall–Kier alpha value is -3.14. The molecule has 2 unspecified atom stereocenters. The Bertz CT molecular complexity index is 1310.